The first-order valence-corrected chi connectivity index (χ1v) is 12.0. The highest BCUT2D eigenvalue weighted by Crippen LogP contribution is 2.30. The standard InChI is InChI=1S/C30H22F3N3O3/c31-30(32,33)24-12-8-20(9-13-24)17-36-18-35-26-15-23(21-4-2-1-3-5-21)14-25(27(26)36)28(37)34-16-19-6-10-22(11-7-19)29(38)39/h1-15,18H,16-17H2,(H,34,37)(H,38,39). The van der Waals surface area contributed by atoms with Crippen molar-refractivity contribution in [1.29, 1.82) is 0 Å². The maximum absolute atomic E-state index is 13.5. The number of carbonyl (C=O) groups is 2. The molecule has 39 heavy (non-hydrogen) atoms. The van der Waals surface area contributed by atoms with E-state index < -0.39 is 17.7 Å². The molecule has 5 aromatic rings. The summed E-state index contributed by atoms with van der Waals surface area (Å²) in [7, 11) is 0. The van der Waals surface area contributed by atoms with Gasteiger partial charge in [-0.25, -0.2) is 9.78 Å². The fraction of sp³-hybridized carbons (Fsp3) is 0.100. The summed E-state index contributed by atoms with van der Waals surface area (Å²) >= 11 is 0. The molecule has 9 heteroatoms. The van der Waals surface area contributed by atoms with Crippen LogP contribution in [-0.2, 0) is 19.3 Å². The maximum Gasteiger partial charge on any atom is 0.416 e. The Morgan fingerprint density at radius 3 is 2.15 bits per heavy atom. The minimum absolute atomic E-state index is 0.148. The van der Waals surface area contributed by atoms with Crippen molar-refractivity contribution in [2.75, 3.05) is 0 Å². The third-order valence-corrected chi connectivity index (χ3v) is 6.35. The number of carboxylic acids is 1. The van der Waals surface area contributed by atoms with E-state index in [1.807, 2.05) is 36.4 Å². The van der Waals surface area contributed by atoms with E-state index in [9.17, 15) is 22.8 Å². The molecule has 0 bridgehead atoms. The molecule has 0 saturated carbocycles. The second-order valence-electron chi connectivity index (χ2n) is 9.01. The van der Waals surface area contributed by atoms with E-state index in [0.717, 1.165) is 28.8 Å². The normalized spacial score (nSPS) is 11.5. The number of halogens is 3. The molecule has 1 amide bonds. The number of fused-ring (bicyclic) bond motifs is 1. The molecule has 0 unspecified atom stereocenters. The number of alkyl halides is 3. The largest absolute Gasteiger partial charge is 0.478 e. The summed E-state index contributed by atoms with van der Waals surface area (Å²) in [4.78, 5) is 29.1. The zero-order valence-corrected chi connectivity index (χ0v) is 20.4. The highest BCUT2D eigenvalue weighted by Gasteiger charge is 2.30. The van der Waals surface area contributed by atoms with Crippen LogP contribution in [-0.4, -0.2) is 26.5 Å². The Balaban J connectivity index is 1.49. The van der Waals surface area contributed by atoms with Crippen LogP contribution >= 0.6 is 0 Å². The van der Waals surface area contributed by atoms with Gasteiger partial charge in [-0.15, -0.1) is 0 Å². The lowest BCUT2D eigenvalue weighted by Gasteiger charge is -2.13. The number of aromatic carboxylic acids is 1. The predicted molar refractivity (Wildman–Crippen MR) is 140 cm³/mol. The fourth-order valence-corrected chi connectivity index (χ4v) is 4.34. The molecule has 1 heterocycles. The van der Waals surface area contributed by atoms with Gasteiger partial charge in [0.15, 0.2) is 0 Å². The van der Waals surface area contributed by atoms with Crippen molar-refractivity contribution in [3.63, 3.8) is 0 Å². The second kappa shape index (κ2) is 10.4. The number of benzene rings is 4. The number of carbonyl (C=O) groups excluding carboxylic acids is 1. The smallest absolute Gasteiger partial charge is 0.416 e. The van der Waals surface area contributed by atoms with Gasteiger partial charge in [0.2, 0.25) is 0 Å². The van der Waals surface area contributed by atoms with Gasteiger partial charge in [-0.1, -0.05) is 54.6 Å². The lowest BCUT2D eigenvalue weighted by molar-refractivity contribution is -0.137. The van der Waals surface area contributed by atoms with E-state index in [2.05, 4.69) is 10.3 Å². The summed E-state index contributed by atoms with van der Waals surface area (Å²) < 4.78 is 40.7. The quantitative estimate of drug-likeness (QED) is 0.256. The molecule has 0 atom stereocenters. The van der Waals surface area contributed by atoms with Crippen LogP contribution in [0.1, 0.15) is 37.4 Å². The average molecular weight is 530 g/mol. The Labute approximate surface area is 221 Å². The molecule has 0 saturated heterocycles. The van der Waals surface area contributed by atoms with Gasteiger partial charge in [-0.3, -0.25) is 4.79 Å². The topological polar surface area (TPSA) is 84.2 Å². The van der Waals surface area contributed by atoms with Crippen LogP contribution in [0.2, 0.25) is 0 Å². The first-order chi connectivity index (χ1) is 18.7. The highest BCUT2D eigenvalue weighted by molar-refractivity contribution is 6.06. The molecule has 2 N–H and O–H groups in total. The number of rotatable bonds is 7. The maximum atomic E-state index is 13.5. The van der Waals surface area contributed by atoms with Crippen molar-refractivity contribution in [2.24, 2.45) is 0 Å². The molecule has 196 valence electrons. The van der Waals surface area contributed by atoms with E-state index in [4.69, 9.17) is 5.11 Å². The molecular weight excluding hydrogens is 507 g/mol. The molecule has 0 aliphatic heterocycles. The summed E-state index contributed by atoms with van der Waals surface area (Å²) in [5.41, 5.74) is 3.93. The van der Waals surface area contributed by atoms with E-state index in [1.54, 1.807) is 29.1 Å². The van der Waals surface area contributed by atoms with Gasteiger partial charge in [0, 0.05) is 13.1 Å². The number of hydrogen-bond acceptors (Lipinski definition) is 3. The highest BCUT2D eigenvalue weighted by atomic mass is 19.4. The molecular formula is C30H22F3N3O3. The van der Waals surface area contributed by atoms with Crippen molar-refractivity contribution >= 4 is 22.9 Å². The lowest BCUT2D eigenvalue weighted by atomic mass is 10.0. The van der Waals surface area contributed by atoms with E-state index in [-0.39, 0.29) is 24.6 Å². The van der Waals surface area contributed by atoms with Crippen molar-refractivity contribution < 1.29 is 27.9 Å². The monoisotopic (exact) mass is 529 g/mol. The van der Waals surface area contributed by atoms with Crippen LogP contribution in [0.25, 0.3) is 22.2 Å². The van der Waals surface area contributed by atoms with Crippen molar-refractivity contribution in [2.45, 2.75) is 19.3 Å². The molecule has 1 aromatic heterocycles. The van der Waals surface area contributed by atoms with Crippen LogP contribution in [0.15, 0.2) is 97.3 Å². The molecule has 0 aliphatic carbocycles. The van der Waals surface area contributed by atoms with Gasteiger partial charge in [0.1, 0.15) is 0 Å². The molecule has 4 aromatic carbocycles. The number of nitrogens with zero attached hydrogens (tertiary/aromatic N) is 2. The van der Waals surface area contributed by atoms with Gasteiger partial charge in [0.05, 0.1) is 34.1 Å². The summed E-state index contributed by atoms with van der Waals surface area (Å²) in [6.07, 6.45) is -2.86. The van der Waals surface area contributed by atoms with Crippen molar-refractivity contribution in [3.05, 3.63) is 125 Å². The molecule has 5 rings (SSSR count). The first kappa shape index (κ1) is 25.7. The minimum Gasteiger partial charge on any atom is -0.478 e. The van der Waals surface area contributed by atoms with Gasteiger partial charge < -0.3 is 15.0 Å². The van der Waals surface area contributed by atoms with E-state index in [0.29, 0.717) is 22.2 Å². The molecule has 0 aliphatic rings. The number of carboxylic acid groups (broad SMARTS) is 1. The van der Waals surface area contributed by atoms with Crippen molar-refractivity contribution in [3.8, 4) is 11.1 Å². The van der Waals surface area contributed by atoms with Gasteiger partial charge in [0.25, 0.3) is 5.91 Å². The number of nitrogens with one attached hydrogen (secondary N) is 1. The fourth-order valence-electron chi connectivity index (χ4n) is 4.34. The minimum atomic E-state index is -4.42. The Morgan fingerprint density at radius 1 is 0.846 bits per heavy atom. The van der Waals surface area contributed by atoms with Crippen molar-refractivity contribution in [1.82, 2.24) is 14.9 Å². The Bertz CT molecular complexity index is 1640. The molecule has 6 nitrogen and oxygen atoms in total. The first-order valence-electron chi connectivity index (χ1n) is 12.0. The van der Waals surface area contributed by atoms with Crippen LogP contribution in [0, 0.1) is 0 Å². The summed E-state index contributed by atoms with van der Waals surface area (Å²) in [5.74, 6) is -1.40. The van der Waals surface area contributed by atoms with Crippen LogP contribution < -0.4 is 5.32 Å². The van der Waals surface area contributed by atoms with Crippen LogP contribution in [0.3, 0.4) is 0 Å². The Hall–Kier alpha value is -4.92. The summed E-state index contributed by atoms with van der Waals surface area (Å²) in [6, 6.07) is 24.3. The number of hydrogen-bond donors (Lipinski definition) is 2. The van der Waals surface area contributed by atoms with E-state index >= 15 is 0 Å². The lowest BCUT2D eigenvalue weighted by Crippen LogP contribution is -2.23. The van der Waals surface area contributed by atoms with E-state index in [1.165, 1.54) is 24.3 Å². The number of amides is 1. The van der Waals surface area contributed by atoms with Crippen LogP contribution in [0.4, 0.5) is 13.2 Å². The zero-order valence-electron chi connectivity index (χ0n) is 20.4. The van der Waals surface area contributed by atoms with Crippen LogP contribution in [0.5, 0.6) is 0 Å². The third kappa shape index (κ3) is 5.67. The second-order valence-corrected chi connectivity index (χ2v) is 9.01. The summed E-state index contributed by atoms with van der Waals surface area (Å²) in [5, 5.41) is 12.0. The third-order valence-electron chi connectivity index (χ3n) is 6.35. The van der Waals surface area contributed by atoms with Gasteiger partial charge in [-0.05, 0) is 58.7 Å². The number of aromatic nitrogens is 2. The summed E-state index contributed by atoms with van der Waals surface area (Å²) in [6.45, 7) is 0.388. The molecule has 0 spiro atoms. The van der Waals surface area contributed by atoms with Gasteiger partial charge >= 0.3 is 12.1 Å². The SMILES string of the molecule is O=C(O)c1ccc(CNC(=O)c2cc(-c3ccccc3)cc3ncn(Cc4ccc(C(F)(F)F)cc4)c23)cc1. The van der Waals surface area contributed by atoms with Gasteiger partial charge in [-0.2, -0.15) is 13.2 Å². The Kier molecular flexibility index (Phi) is 6.89. The Morgan fingerprint density at radius 2 is 1.51 bits per heavy atom. The molecule has 0 radical (unpaired) electrons. The zero-order chi connectivity index (χ0) is 27.6. The average Bonchev–Trinajstić information content (AvgIpc) is 3.34. The predicted octanol–water partition coefficient (Wildman–Crippen LogP) is 6.40. The number of imidazole rings is 1. The molecule has 0 fully saturated rings.